The fraction of sp³-hybridized carbons (Fsp3) is 0.400. The maximum atomic E-state index is 12.9. The van der Waals surface area contributed by atoms with E-state index in [0.717, 1.165) is 24.2 Å². The quantitative estimate of drug-likeness (QED) is 0.481. The molecule has 1 aliphatic heterocycles. The standard InChI is InChI=1S/C24H28N4O6S.CH4/c1-16-6-11-19(35(32,33)27-17-7-9-18(34-2)10-8-17)14-20(16)25-21(29)15-28-22(30)24(26-23(28)31)12-4-3-5-13-24;/h6-11,14,27H,3-5,12-13,15H2,1-2H3,(H,25,29)(H,26,31);1H4. The average Bonchev–Trinajstić information content (AvgIpc) is 3.04. The third-order valence-corrected chi connectivity index (χ3v) is 7.77. The van der Waals surface area contributed by atoms with Crippen molar-refractivity contribution in [2.45, 2.75) is 56.9 Å². The molecule has 2 fully saturated rings. The Morgan fingerprint density at radius 1 is 1.08 bits per heavy atom. The van der Waals surface area contributed by atoms with Gasteiger partial charge in [-0.15, -0.1) is 0 Å². The number of amides is 4. The summed E-state index contributed by atoms with van der Waals surface area (Å²) in [5.74, 6) is -0.385. The largest absolute Gasteiger partial charge is 0.497 e. The van der Waals surface area contributed by atoms with Crippen LogP contribution in [0.2, 0.25) is 0 Å². The second-order valence-corrected chi connectivity index (χ2v) is 10.5. The average molecular weight is 517 g/mol. The molecule has 10 nitrogen and oxygen atoms in total. The molecule has 2 aromatic rings. The van der Waals surface area contributed by atoms with Gasteiger partial charge in [-0.05, 0) is 61.7 Å². The van der Waals surface area contributed by atoms with E-state index in [2.05, 4.69) is 15.4 Å². The summed E-state index contributed by atoms with van der Waals surface area (Å²) in [6.07, 6.45) is 3.83. The van der Waals surface area contributed by atoms with Crippen molar-refractivity contribution >= 4 is 39.2 Å². The van der Waals surface area contributed by atoms with Crippen LogP contribution in [0.4, 0.5) is 16.2 Å². The molecule has 2 aromatic carbocycles. The van der Waals surface area contributed by atoms with Crippen molar-refractivity contribution in [3.63, 3.8) is 0 Å². The monoisotopic (exact) mass is 516 g/mol. The maximum absolute atomic E-state index is 12.9. The van der Waals surface area contributed by atoms with Crippen molar-refractivity contribution in [3.8, 4) is 5.75 Å². The number of nitrogens with zero attached hydrogens (tertiary/aromatic N) is 1. The van der Waals surface area contributed by atoms with Crippen LogP contribution in [0.25, 0.3) is 0 Å². The Morgan fingerprint density at radius 2 is 1.75 bits per heavy atom. The highest BCUT2D eigenvalue weighted by Gasteiger charge is 2.51. The molecule has 1 aliphatic carbocycles. The van der Waals surface area contributed by atoms with Gasteiger partial charge in [-0.1, -0.05) is 32.8 Å². The van der Waals surface area contributed by atoms with Crippen LogP contribution >= 0.6 is 0 Å². The second kappa shape index (κ2) is 10.6. The van der Waals surface area contributed by atoms with E-state index >= 15 is 0 Å². The summed E-state index contributed by atoms with van der Waals surface area (Å²) >= 11 is 0. The van der Waals surface area contributed by atoms with Crippen molar-refractivity contribution in [2.24, 2.45) is 0 Å². The lowest BCUT2D eigenvalue weighted by molar-refractivity contribution is -0.134. The number of benzene rings is 2. The number of nitrogens with one attached hydrogen (secondary N) is 3. The molecular formula is C25H32N4O6S. The lowest BCUT2D eigenvalue weighted by Crippen LogP contribution is -2.48. The summed E-state index contributed by atoms with van der Waals surface area (Å²) in [5, 5.41) is 5.41. The number of imide groups is 1. The van der Waals surface area contributed by atoms with Crippen molar-refractivity contribution in [3.05, 3.63) is 48.0 Å². The van der Waals surface area contributed by atoms with Gasteiger partial charge in [0.2, 0.25) is 5.91 Å². The molecular weight excluding hydrogens is 484 g/mol. The first kappa shape index (κ1) is 27.0. The molecule has 11 heteroatoms. The van der Waals surface area contributed by atoms with Crippen LogP contribution in [-0.2, 0) is 19.6 Å². The van der Waals surface area contributed by atoms with Crippen LogP contribution in [0, 0.1) is 6.92 Å². The topological polar surface area (TPSA) is 134 Å². The van der Waals surface area contributed by atoms with Gasteiger partial charge in [-0.2, -0.15) is 0 Å². The van der Waals surface area contributed by atoms with Gasteiger partial charge in [0, 0.05) is 11.4 Å². The van der Waals surface area contributed by atoms with Crippen molar-refractivity contribution in [1.82, 2.24) is 10.2 Å². The fourth-order valence-electron chi connectivity index (χ4n) is 4.42. The summed E-state index contributed by atoms with van der Waals surface area (Å²) in [5.41, 5.74) is 0.342. The number of ether oxygens (including phenoxy) is 1. The smallest absolute Gasteiger partial charge is 0.325 e. The number of hydrogen-bond donors (Lipinski definition) is 3. The van der Waals surface area contributed by atoms with E-state index < -0.39 is 34.0 Å². The minimum atomic E-state index is -3.94. The molecule has 36 heavy (non-hydrogen) atoms. The first-order chi connectivity index (χ1) is 16.6. The van der Waals surface area contributed by atoms with E-state index in [9.17, 15) is 22.8 Å². The van der Waals surface area contributed by atoms with E-state index in [1.165, 1.54) is 19.2 Å². The Hall–Kier alpha value is -3.60. The summed E-state index contributed by atoms with van der Waals surface area (Å²) in [6.45, 7) is 1.26. The number of hydrogen-bond acceptors (Lipinski definition) is 6. The Labute approximate surface area is 211 Å². The van der Waals surface area contributed by atoms with Crippen molar-refractivity contribution < 1.29 is 27.5 Å². The minimum absolute atomic E-state index is 0. The summed E-state index contributed by atoms with van der Waals surface area (Å²) in [7, 11) is -2.42. The van der Waals surface area contributed by atoms with Crippen molar-refractivity contribution in [1.29, 1.82) is 0 Å². The SMILES string of the molecule is C.COc1ccc(NS(=O)(=O)c2ccc(C)c(NC(=O)CN3C(=O)NC4(CCCCC4)C3=O)c2)cc1. The highest BCUT2D eigenvalue weighted by atomic mass is 32.2. The van der Waals surface area contributed by atoms with E-state index in [1.807, 2.05) is 0 Å². The predicted octanol–water partition coefficient (Wildman–Crippen LogP) is 3.63. The van der Waals surface area contributed by atoms with Crippen LogP contribution in [0.5, 0.6) is 5.75 Å². The number of carbonyl (C=O) groups is 3. The van der Waals surface area contributed by atoms with Crippen LogP contribution in [0.3, 0.4) is 0 Å². The first-order valence-corrected chi connectivity index (χ1v) is 12.8. The zero-order valence-electron chi connectivity index (χ0n) is 19.6. The highest BCUT2D eigenvalue weighted by molar-refractivity contribution is 7.92. The molecule has 4 rings (SSSR count). The summed E-state index contributed by atoms with van der Waals surface area (Å²) in [6, 6.07) is 10.2. The van der Waals surface area contributed by atoms with E-state index in [0.29, 0.717) is 29.8 Å². The first-order valence-electron chi connectivity index (χ1n) is 11.3. The lowest BCUT2D eigenvalue weighted by atomic mass is 9.82. The molecule has 0 radical (unpaired) electrons. The van der Waals surface area contributed by atoms with Gasteiger partial charge in [0.05, 0.1) is 12.0 Å². The predicted molar refractivity (Wildman–Crippen MR) is 136 cm³/mol. The number of aryl methyl sites for hydroxylation is 1. The van der Waals surface area contributed by atoms with Gasteiger partial charge in [-0.25, -0.2) is 13.2 Å². The fourth-order valence-corrected chi connectivity index (χ4v) is 5.51. The zero-order chi connectivity index (χ0) is 25.2. The highest BCUT2D eigenvalue weighted by Crippen LogP contribution is 2.33. The zero-order valence-corrected chi connectivity index (χ0v) is 20.4. The van der Waals surface area contributed by atoms with Crippen molar-refractivity contribution in [2.75, 3.05) is 23.7 Å². The molecule has 2 aliphatic rings. The molecule has 1 heterocycles. The third kappa shape index (κ3) is 5.46. The second-order valence-electron chi connectivity index (χ2n) is 8.82. The molecule has 0 aromatic heterocycles. The van der Waals surface area contributed by atoms with Gasteiger partial charge in [0.1, 0.15) is 17.8 Å². The third-order valence-electron chi connectivity index (χ3n) is 6.39. The molecule has 1 spiro atoms. The van der Waals surface area contributed by atoms with Crippen LogP contribution < -0.4 is 20.1 Å². The Morgan fingerprint density at radius 3 is 2.39 bits per heavy atom. The molecule has 3 N–H and O–H groups in total. The molecule has 0 atom stereocenters. The van der Waals surface area contributed by atoms with Gasteiger partial charge >= 0.3 is 6.03 Å². The van der Waals surface area contributed by atoms with E-state index in [1.54, 1.807) is 37.3 Å². The number of urea groups is 1. The molecule has 0 unspecified atom stereocenters. The molecule has 194 valence electrons. The van der Waals surface area contributed by atoms with Crippen LogP contribution in [0.1, 0.15) is 45.1 Å². The summed E-state index contributed by atoms with van der Waals surface area (Å²) in [4.78, 5) is 39.0. The molecule has 1 saturated carbocycles. The number of methoxy groups -OCH3 is 1. The van der Waals surface area contributed by atoms with Crippen LogP contribution in [0.15, 0.2) is 47.4 Å². The Balaban J connectivity index is 0.00000361. The lowest BCUT2D eigenvalue weighted by Gasteiger charge is -2.30. The van der Waals surface area contributed by atoms with Gasteiger partial charge < -0.3 is 15.4 Å². The molecule has 4 amide bonds. The Bertz CT molecular complexity index is 1250. The number of sulfonamides is 1. The van der Waals surface area contributed by atoms with Crippen LogP contribution in [-0.4, -0.2) is 50.4 Å². The summed E-state index contributed by atoms with van der Waals surface area (Å²) < 4.78 is 33.3. The Kier molecular flexibility index (Phi) is 7.92. The molecule has 0 bridgehead atoms. The molecule has 1 saturated heterocycles. The maximum Gasteiger partial charge on any atom is 0.325 e. The van der Waals surface area contributed by atoms with Gasteiger partial charge in [-0.3, -0.25) is 19.2 Å². The minimum Gasteiger partial charge on any atom is -0.497 e. The van der Waals surface area contributed by atoms with Gasteiger partial charge in [0.15, 0.2) is 0 Å². The number of anilines is 2. The normalized spacial score (nSPS) is 16.8. The van der Waals surface area contributed by atoms with E-state index in [4.69, 9.17) is 4.74 Å². The van der Waals surface area contributed by atoms with Gasteiger partial charge in [0.25, 0.3) is 15.9 Å². The van der Waals surface area contributed by atoms with E-state index in [-0.39, 0.29) is 23.9 Å². The number of carbonyl (C=O) groups excluding carboxylic acids is 3. The number of rotatable bonds is 7.